The van der Waals surface area contributed by atoms with Crippen LogP contribution in [0.25, 0.3) is 0 Å². The molecule has 21 heavy (non-hydrogen) atoms. The fourth-order valence-corrected chi connectivity index (χ4v) is 3.12. The summed E-state index contributed by atoms with van der Waals surface area (Å²) >= 11 is 0. The second kappa shape index (κ2) is 7.22. The predicted octanol–water partition coefficient (Wildman–Crippen LogP) is 0.829. The van der Waals surface area contributed by atoms with Gasteiger partial charge in [-0.1, -0.05) is 12.8 Å². The van der Waals surface area contributed by atoms with E-state index in [0.29, 0.717) is 6.54 Å². The summed E-state index contributed by atoms with van der Waals surface area (Å²) in [4.78, 5) is 25.7. The average molecular weight is 296 g/mol. The average Bonchev–Trinajstić information content (AvgIpc) is 2.94. The molecule has 6 heteroatoms. The van der Waals surface area contributed by atoms with Crippen LogP contribution in [-0.2, 0) is 4.79 Å². The Bertz CT molecular complexity index is 372. The maximum Gasteiger partial charge on any atom is 0.321 e. The molecule has 2 fully saturated rings. The van der Waals surface area contributed by atoms with Gasteiger partial charge in [0.15, 0.2) is 0 Å². The minimum absolute atomic E-state index is 0.173. The van der Waals surface area contributed by atoms with Crippen molar-refractivity contribution < 1.29 is 9.59 Å². The van der Waals surface area contributed by atoms with Gasteiger partial charge in [-0.2, -0.15) is 0 Å². The third kappa shape index (κ3) is 4.97. The molecule has 0 aromatic heterocycles. The lowest BCUT2D eigenvalue weighted by atomic mass is 9.90. The summed E-state index contributed by atoms with van der Waals surface area (Å²) in [6, 6.07) is -0.104. The normalized spacial score (nSPS) is 23.0. The van der Waals surface area contributed by atoms with Crippen molar-refractivity contribution in [1.82, 2.24) is 20.9 Å². The Balaban J connectivity index is 1.66. The summed E-state index contributed by atoms with van der Waals surface area (Å²) in [7, 11) is 1.98. The lowest BCUT2D eigenvalue weighted by Gasteiger charge is -2.38. The maximum absolute atomic E-state index is 11.9. The summed E-state index contributed by atoms with van der Waals surface area (Å²) in [5, 5.41) is 8.65. The fourth-order valence-electron chi connectivity index (χ4n) is 3.12. The molecule has 0 spiro atoms. The highest BCUT2D eigenvalue weighted by Crippen LogP contribution is 2.20. The van der Waals surface area contributed by atoms with Crippen molar-refractivity contribution in [2.45, 2.75) is 57.0 Å². The lowest BCUT2D eigenvalue weighted by molar-refractivity contribution is -0.121. The third-order valence-electron chi connectivity index (χ3n) is 4.87. The SMILES string of the molecule is CNC1(C)CCN(CC(=O)NC(=O)NC2CCCC2)CC1. The summed E-state index contributed by atoms with van der Waals surface area (Å²) < 4.78 is 0. The van der Waals surface area contributed by atoms with Crippen molar-refractivity contribution in [2.24, 2.45) is 0 Å². The number of carbonyl (C=O) groups is 2. The first-order valence-corrected chi connectivity index (χ1v) is 8.02. The molecule has 3 amide bonds. The molecule has 1 saturated carbocycles. The second-order valence-electron chi connectivity index (χ2n) is 6.59. The van der Waals surface area contributed by atoms with E-state index in [1.165, 1.54) is 0 Å². The van der Waals surface area contributed by atoms with E-state index in [-0.39, 0.29) is 23.5 Å². The molecule has 3 N–H and O–H groups in total. The number of piperidine rings is 1. The Morgan fingerprint density at radius 2 is 1.81 bits per heavy atom. The van der Waals surface area contributed by atoms with Gasteiger partial charge in [-0.3, -0.25) is 15.0 Å². The van der Waals surface area contributed by atoms with Gasteiger partial charge in [0, 0.05) is 24.7 Å². The quantitative estimate of drug-likeness (QED) is 0.718. The number of urea groups is 1. The Kier molecular flexibility index (Phi) is 5.58. The molecular weight excluding hydrogens is 268 g/mol. The van der Waals surface area contributed by atoms with E-state index in [1.54, 1.807) is 0 Å². The molecule has 0 bridgehead atoms. The number of hydrogen-bond acceptors (Lipinski definition) is 4. The van der Waals surface area contributed by atoms with E-state index in [2.05, 4.69) is 27.8 Å². The van der Waals surface area contributed by atoms with Crippen LogP contribution < -0.4 is 16.0 Å². The molecule has 0 radical (unpaired) electrons. The van der Waals surface area contributed by atoms with E-state index in [4.69, 9.17) is 0 Å². The lowest BCUT2D eigenvalue weighted by Crippen LogP contribution is -2.53. The molecule has 1 aliphatic carbocycles. The van der Waals surface area contributed by atoms with Crippen LogP contribution in [0.4, 0.5) is 4.79 Å². The molecule has 1 aliphatic heterocycles. The molecule has 2 rings (SSSR count). The topological polar surface area (TPSA) is 73.5 Å². The zero-order chi connectivity index (χ0) is 15.3. The van der Waals surface area contributed by atoms with E-state index in [0.717, 1.165) is 51.6 Å². The molecule has 0 atom stereocenters. The third-order valence-corrected chi connectivity index (χ3v) is 4.87. The number of amides is 3. The Morgan fingerprint density at radius 3 is 2.38 bits per heavy atom. The van der Waals surface area contributed by atoms with Gasteiger partial charge in [0.25, 0.3) is 0 Å². The predicted molar refractivity (Wildman–Crippen MR) is 82.1 cm³/mol. The van der Waals surface area contributed by atoms with Crippen LogP contribution in [0.1, 0.15) is 45.4 Å². The smallest absolute Gasteiger partial charge is 0.321 e. The highest BCUT2D eigenvalue weighted by atomic mass is 16.2. The standard InChI is InChI=1S/C15H28N4O2/c1-15(16-2)7-9-19(10-8-15)11-13(20)18-14(21)17-12-5-3-4-6-12/h12,16H,3-11H2,1-2H3,(H2,17,18,20,21). The van der Waals surface area contributed by atoms with Crippen LogP contribution in [0, 0.1) is 0 Å². The van der Waals surface area contributed by atoms with Crippen molar-refractivity contribution in [2.75, 3.05) is 26.7 Å². The van der Waals surface area contributed by atoms with Crippen molar-refractivity contribution >= 4 is 11.9 Å². The van der Waals surface area contributed by atoms with E-state index < -0.39 is 0 Å². The van der Waals surface area contributed by atoms with Gasteiger partial charge in [-0.15, -0.1) is 0 Å². The van der Waals surface area contributed by atoms with Gasteiger partial charge in [0.05, 0.1) is 6.54 Å². The van der Waals surface area contributed by atoms with Gasteiger partial charge >= 0.3 is 6.03 Å². The van der Waals surface area contributed by atoms with Gasteiger partial charge in [0.1, 0.15) is 0 Å². The van der Waals surface area contributed by atoms with Crippen molar-refractivity contribution in [3.05, 3.63) is 0 Å². The highest BCUT2D eigenvalue weighted by molar-refractivity contribution is 5.95. The van der Waals surface area contributed by atoms with Crippen LogP contribution in [0.3, 0.4) is 0 Å². The summed E-state index contributed by atoms with van der Waals surface area (Å²) in [6.45, 7) is 4.28. The number of nitrogens with zero attached hydrogens (tertiary/aromatic N) is 1. The van der Waals surface area contributed by atoms with Crippen LogP contribution in [0.15, 0.2) is 0 Å². The monoisotopic (exact) mass is 296 g/mol. The first kappa shape index (κ1) is 16.2. The molecule has 120 valence electrons. The first-order chi connectivity index (χ1) is 10.0. The molecule has 1 heterocycles. The van der Waals surface area contributed by atoms with Crippen LogP contribution in [-0.4, -0.2) is 55.1 Å². The zero-order valence-electron chi connectivity index (χ0n) is 13.2. The van der Waals surface area contributed by atoms with Crippen LogP contribution >= 0.6 is 0 Å². The number of likely N-dealkylation sites (tertiary alicyclic amines) is 1. The van der Waals surface area contributed by atoms with E-state index in [9.17, 15) is 9.59 Å². The van der Waals surface area contributed by atoms with E-state index >= 15 is 0 Å². The molecule has 6 nitrogen and oxygen atoms in total. The number of carbonyl (C=O) groups excluding carboxylic acids is 2. The van der Waals surface area contributed by atoms with Crippen molar-refractivity contribution in [3.63, 3.8) is 0 Å². The summed E-state index contributed by atoms with van der Waals surface area (Å²) in [5.41, 5.74) is 0.173. The Labute approximate surface area is 127 Å². The van der Waals surface area contributed by atoms with Gasteiger partial charge in [0.2, 0.25) is 5.91 Å². The second-order valence-corrected chi connectivity index (χ2v) is 6.59. The van der Waals surface area contributed by atoms with Gasteiger partial charge in [-0.25, -0.2) is 4.79 Å². The fraction of sp³-hybridized carbons (Fsp3) is 0.867. The molecule has 2 aliphatic rings. The molecule has 0 aromatic rings. The van der Waals surface area contributed by atoms with Gasteiger partial charge < -0.3 is 10.6 Å². The first-order valence-electron chi connectivity index (χ1n) is 8.02. The Morgan fingerprint density at radius 1 is 1.19 bits per heavy atom. The van der Waals surface area contributed by atoms with Crippen LogP contribution in [0.2, 0.25) is 0 Å². The highest BCUT2D eigenvalue weighted by Gasteiger charge is 2.29. The molecular formula is C15H28N4O2. The van der Waals surface area contributed by atoms with Crippen molar-refractivity contribution in [1.29, 1.82) is 0 Å². The van der Waals surface area contributed by atoms with E-state index in [1.807, 2.05) is 7.05 Å². The number of hydrogen-bond donors (Lipinski definition) is 3. The van der Waals surface area contributed by atoms with Crippen molar-refractivity contribution in [3.8, 4) is 0 Å². The summed E-state index contributed by atoms with van der Waals surface area (Å²) in [6.07, 6.45) is 6.41. The zero-order valence-corrected chi connectivity index (χ0v) is 13.2. The number of rotatable bonds is 4. The largest absolute Gasteiger partial charge is 0.335 e. The minimum atomic E-state index is -0.344. The molecule has 0 unspecified atom stereocenters. The number of nitrogens with one attached hydrogen (secondary N) is 3. The molecule has 0 aromatic carbocycles. The minimum Gasteiger partial charge on any atom is -0.335 e. The molecule has 1 saturated heterocycles. The number of imide groups is 1. The van der Waals surface area contributed by atoms with Crippen LogP contribution in [0.5, 0.6) is 0 Å². The summed E-state index contributed by atoms with van der Waals surface area (Å²) in [5.74, 6) is -0.210. The Hall–Kier alpha value is -1.14. The van der Waals surface area contributed by atoms with Gasteiger partial charge in [-0.05, 0) is 39.7 Å². The maximum atomic E-state index is 11.9.